The second-order valence-electron chi connectivity index (χ2n) is 8.95. The van der Waals surface area contributed by atoms with Crippen LogP contribution in [0, 0.1) is 0 Å². The zero-order chi connectivity index (χ0) is 28.3. The summed E-state index contributed by atoms with van der Waals surface area (Å²) in [5.41, 5.74) is -0.325. The van der Waals surface area contributed by atoms with Gasteiger partial charge in [-0.3, -0.25) is 14.5 Å². The zero-order valence-electron chi connectivity index (χ0n) is 21.0. The topological polar surface area (TPSA) is 148 Å². The van der Waals surface area contributed by atoms with Crippen molar-refractivity contribution in [1.82, 2.24) is 19.6 Å². The van der Waals surface area contributed by atoms with E-state index in [1.807, 2.05) is 0 Å². The first-order chi connectivity index (χ1) is 18.4. The molecular weight excluding hydrogens is 522 g/mol. The summed E-state index contributed by atoms with van der Waals surface area (Å²) < 4.78 is 31.5. The van der Waals surface area contributed by atoms with Crippen LogP contribution < -0.4 is 4.74 Å². The van der Waals surface area contributed by atoms with Gasteiger partial charge in [0.15, 0.2) is 23.8 Å². The quantitative estimate of drug-likeness (QED) is 0.359. The number of nitrogens with zero attached hydrogens (tertiary/aromatic N) is 8. The molecule has 2 atom stereocenters. The fourth-order valence-electron chi connectivity index (χ4n) is 4.63. The van der Waals surface area contributed by atoms with Crippen LogP contribution in [0.5, 0.6) is 5.75 Å². The summed E-state index contributed by atoms with van der Waals surface area (Å²) in [6.07, 6.45) is -1.08. The number of amidine groups is 3. The Morgan fingerprint density at radius 2 is 1.77 bits per heavy atom. The van der Waals surface area contributed by atoms with Gasteiger partial charge in [-0.2, -0.15) is 23.2 Å². The zero-order valence-corrected chi connectivity index (χ0v) is 21.0. The van der Waals surface area contributed by atoms with Gasteiger partial charge in [-0.25, -0.2) is 19.4 Å². The van der Waals surface area contributed by atoms with Crippen molar-refractivity contribution in [3.8, 4) is 5.75 Å². The van der Waals surface area contributed by atoms with Crippen molar-refractivity contribution >= 4 is 52.9 Å². The molecule has 0 spiro atoms. The van der Waals surface area contributed by atoms with Crippen molar-refractivity contribution in [2.75, 3.05) is 34.7 Å². The van der Waals surface area contributed by atoms with E-state index in [9.17, 15) is 32.8 Å². The number of Topliss-reactive ketones (excluding diaryl/α,β-unsaturated/α-hetero) is 1. The second kappa shape index (κ2) is 9.14. The Hall–Kier alpha value is -4.89. The lowest BCUT2D eigenvalue weighted by atomic mass is 10.1. The maximum atomic E-state index is 13.4. The Morgan fingerprint density at radius 1 is 1.08 bits per heavy atom. The number of carbonyl (C=O) groups excluding carboxylic acids is 5. The summed E-state index contributed by atoms with van der Waals surface area (Å²) >= 11 is 0. The average Bonchev–Trinajstić information content (AvgIpc) is 3.51. The number of ether oxygens (including phenoxy) is 1. The number of urea groups is 2. The maximum absolute atomic E-state index is 13.4. The molecule has 16 heteroatoms. The number of alkyl halides is 2. The van der Waals surface area contributed by atoms with Gasteiger partial charge < -0.3 is 14.5 Å². The molecule has 0 aliphatic carbocycles. The molecule has 0 aromatic heterocycles. The van der Waals surface area contributed by atoms with Gasteiger partial charge in [0.1, 0.15) is 5.75 Å². The molecule has 6 amide bonds. The minimum Gasteiger partial charge on any atom is -0.434 e. The van der Waals surface area contributed by atoms with Gasteiger partial charge in [-0.1, -0.05) is 17.1 Å². The van der Waals surface area contributed by atoms with E-state index in [1.165, 1.54) is 62.3 Å². The van der Waals surface area contributed by atoms with Crippen LogP contribution in [-0.2, 0) is 9.59 Å². The predicted octanol–water partition coefficient (Wildman–Crippen LogP) is -0.111. The number of fused-ring (bicyclic) bond motifs is 2. The van der Waals surface area contributed by atoms with E-state index in [-0.39, 0.29) is 34.5 Å². The fraction of sp³-hybridized carbons (Fsp3) is 0.348. The molecule has 1 aromatic carbocycles. The molecule has 0 saturated carbocycles. The normalized spacial score (nSPS) is 22.9. The molecular formula is C23H21F2N8O6+. The molecule has 1 saturated heterocycles. The first kappa shape index (κ1) is 25.7. The van der Waals surface area contributed by atoms with E-state index < -0.39 is 55.0 Å². The van der Waals surface area contributed by atoms with Crippen LogP contribution in [0.2, 0.25) is 0 Å². The molecule has 4 aliphatic rings. The third kappa shape index (κ3) is 3.95. The highest BCUT2D eigenvalue weighted by Gasteiger charge is 2.54. The molecule has 14 nitrogen and oxygen atoms in total. The molecule has 1 fully saturated rings. The van der Waals surface area contributed by atoms with Crippen molar-refractivity contribution in [2.24, 2.45) is 15.0 Å². The molecule has 0 bridgehead atoms. The summed E-state index contributed by atoms with van der Waals surface area (Å²) in [7, 11) is 5.36. The lowest BCUT2D eigenvalue weighted by Crippen LogP contribution is -2.64. The number of amides is 6. The lowest BCUT2D eigenvalue weighted by molar-refractivity contribution is -0.401. The Kier molecular flexibility index (Phi) is 6.03. The van der Waals surface area contributed by atoms with E-state index in [2.05, 4.69) is 19.7 Å². The third-order valence-electron chi connectivity index (χ3n) is 6.67. The van der Waals surface area contributed by atoms with Crippen LogP contribution in [0.3, 0.4) is 0 Å². The highest BCUT2D eigenvalue weighted by molar-refractivity contribution is 6.73. The molecule has 39 heavy (non-hydrogen) atoms. The summed E-state index contributed by atoms with van der Waals surface area (Å²) in [4.78, 5) is 81.5. The number of para-hydroxylation sites is 1. The standard InChI is InChI=1S/C23H21F2N8O6/c1-29-16-13(19(35)31(3)22(29)37)26-15(27-16)18-28-17-14(20(36)32(4)23(38)30(17)2)33(18)9-11(34)10-7-5-6-8-12(10)39-21(24)25/h5-8,14,17,21H,9H2,1-4H3/q+1. The minimum atomic E-state index is -3.18. The van der Waals surface area contributed by atoms with Gasteiger partial charge in [0.25, 0.3) is 11.7 Å². The first-order valence-electron chi connectivity index (χ1n) is 11.5. The molecule has 4 aliphatic heterocycles. The Labute approximate surface area is 219 Å². The van der Waals surface area contributed by atoms with Crippen LogP contribution in [0.4, 0.5) is 18.4 Å². The number of carbonyl (C=O) groups is 5. The van der Waals surface area contributed by atoms with E-state index in [4.69, 9.17) is 0 Å². The summed E-state index contributed by atoms with van der Waals surface area (Å²) in [6, 6.07) is 2.90. The first-order valence-corrected chi connectivity index (χ1v) is 11.5. The van der Waals surface area contributed by atoms with Crippen LogP contribution in [0.15, 0.2) is 39.2 Å². The fourth-order valence-corrected chi connectivity index (χ4v) is 4.63. The average molecular weight is 543 g/mol. The highest BCUT2D eigenvalue weighted by atomic mass is 19.3. The van der Waals surface area contributed by atoms with Crippen molar-refractivity contribution in [2.45, 2.75) is 18.8 Å². The van der Waals surface area contributed by atoms with Crippen LogP contribution in [0.25, 0.3) is 0 Å². The Balaban J connectivity index is 1.58. The van der Waals surface area contributed by atoms with Crippen molar-refractivity contribution in [3.63, 3.8) is 0 Å². The smallest absolute Gasteiger partial charge is 0.434 e. The number of halogens is 2. The maximum Gasteiger partial charge on any atom is 0.446 e. The predicted molar refractivity (Wildman–Crippen MR) is 129 cm³/mol. The van der Waals surface area contributed by atoms with Crippen LogP contribution in [-0.4, -0.2) is 131 Å². The number of hydrogen-bond acceptors (Lipinski definition) is 10. The van der Waals surface area contributed by atoms with E-state index in [0.29, 0.717) is 0 Å². The van der Waals surface area contributed by atoms with Gasteiger partial charge in [-0.15, -0.1) is 0 Å². The summed E-state index contributed by atoms with van der Waals surface area (Å²) in [6.45, 7) is -3.74. The molecule has 4 heterocycles. The van der Waals surface area contributed by atoms with Crippen LogP contribution >= 0.6 is 0 Å². The van der Waals surface area contributed by atoms with Gasteiger partial charge in [0.2, 0.25) is 5.71 Å². The molecule has 0 N–H and O–H groups in total. The van der Waals surface area contributed by atoms with Crippen molar-refractivity contribution in [1.29, 1.82) is 0 Å². The lowest BCUT2D eigenvalue weighted by Gasteiger charge is -2.39. The SMILES string of the molecule is CN1C(=O)C2C(N=C(C3=NC4=[N+](C)C(=O)N(C)C(=O)C4=N3)N2CC(=O)c2ccccc2OC(F)F)N(C)C1=O. The number of likely N-dealkylation sites (N-methyl/N-ethyl adjacent to an activating group) is 2. The second-order valence-corrected chi connectivity index (χ2v) is 8.95. The monoisotopic (exact) mass is 543 g/mol. The van der Waals surface area contributed by atoms with Crippen LogP contribution in [0.1, 0.15) is 10.4 Å². The summed E-state index contributed by atoms with van der Waals surface area (Å²) in [5.74, 6) is -2.77. The van der Waals surface area contributed by atoms with Gasteiger partial charge in [-0.05, 0) is 12.1 Å². The molecule has 1 aromatic rings. The van der Waals surface area contributed by atoms with Crippen molar-refractivity contribution < 1.29 is 42.1 Å². The third-order valence-corrected chi connectivity index (χ3v) is 6.67. The number of hydrogen-bond donors (Lipinski definition) is 0. The summed E-state index contributed by atoms with van der Waals surface area (Å²) in [5, 5.41) is 0. The largest absolute Gasteiger partial charge is 0.446 e. The highest BCUT2D eigenvalue weighted by Crippen LogP contribution is 2.30. The van der Waals surface area contributed by atoms with E-state index in [1.54, 1.807) is 0 Å². The number of aliphatic imine (C=N–C) groups is 3. The number of benzene rings is 1. The number of imide groups is 2. The number of rotatable bonds is 6. The molecule has 2 unspecified atom stereocenters. The van der Waals surface area contributed by atoms with Gasteiger partial charge >= 0.3 is 30.4 Å². The number of ketones is 1. The Morgan fingerprint density at radius 3 is 2.46 bits per heavy atom. The molecule has 0 radical (unpaired) electrons. The molecule has 202 valence electrons. The van der Waals surface area contributed by atoms with Gasteiger partial charge in [0.05, 0.1) is 26.2 Å². The minimum absolute atomic E-state index is 0.0505. The van der Waals surface area contributed by atoms with Crippen molar-refractivity contribution in [3.05, 3.63) is 29.8 Å². The van der Waals surface area contributed by atoms with Gasteiger partial charge in [0, 0.05) is 14.1 Å². The van der Waals surface area contributed by atoms with E-state index >= 15 is 0 Å². The molecule has 5 rings (SSSR count). The Bertz CT molecular complexity index is 1480. The van der Waals surface area contributed by atoms with E-state index in [0.717, 1.165) is 14.4 Å².